The highest BCUT2D eigenvalue weighted by molar-refractivity contribution is 5.97. The first-order chi connectivity index (χ1) is 9.08. The zero-order valence-electron chi connectivity index (χ0n) is 11.1. The Kier molecular flexibility index (Phi) is 4.37. The van der Waals surface area contributed by atoms with E-state index >= 15 is 0 Å². The average molecular weight is 265 g/mol. The van der Waals surface area contributed by atoms with E-state index in [1.165, 1.54) is 19.4 Å². The zero-order chi connectivity index (χ0) is 13.8. The second kappa shape index (κ2) is 6.02. The van der Waals surface area contributed by atoms with Crippen LogP contribution < -0.4 is 0 Å². The molecule has 1 fully saturated rings. The minimum Gasteiger partial charge on any atom is -0.477 e. The molecule has 5 heteroatoms. The molecule has 1 aliphatic heterocycles. The summed E-state index contributed by atoms with van der Waals surface area (Å²) in [5, 5.41) is 9.13. The van der Waals surface area contributed by atoms with Crippen molar-refractivity contribution in [2.24, 2.45) is 0 Å². The van der Waals surface area contributed by atoms with E-state index < -0.39 is 5.97 Å². The molecule has 0 saturated carbocycles. The summed E-state index contributed by atoms with van der Waals surface area (Å²) in [6.07, 6.45) is 5.92. The minimum absolute atomic E-state index is 0.116. The van der Waals surface area contributed by atoms with Gasteiger partial charge in [-0.05, 0) is 38.7 Å². The molecular formula is C14H19NO4. The number of carboxylic acid groups (broad SMARTS) is 1. The number of Topliss-reactive ketones (excluding diaryl/α,β-unsaturated/α-hetero) is 1. The van der Waals surface area contributed by atoms with E-state index in [2.05, 4.69) is 0 Å². The Morgan fingerprint density at radius 1 is 1.47 bits per heavy atom. The van der Waals surface area contributed by atoms with Gasteiger partial charge >= 0.3 is 5.97 Å². The number of carbonyl (C=O) groups is 2. The number of carbonyl (C=O) groups excluding carboxylic acids is 1. The van der Waals surface area contributed by atoms with Crippen LogP contribution in [0.5, 0.6) is 0 Å². The molecule has 0 aromatic carbocycles. The van der Waals surface area contributed by atoms with Crippen LogP contribution in [0, 0.1) is 0 Å². The lowest BCUT2D eigenvalue weighted by Crippen LogP contribution is -2.21. The standard InChI is InChI=1S/C14H19NO4/c1-10(16)11-8-13(14(17)18)15(9-11)6-5-12-4-2-3-7-19-12/h8-9,12H,2-7H2,1H3,(H,17,18). The molecule has 1 unspecified atom stereocenters. The predicted molar refractivity (Wildman–Crippen MR) is 69.6 cm³/mol. The number of hydrogen-bond acceptors (Lipinski definition) is 3. The molecular weight excluding hydrogens is 246 g/mol. The Balaban J connectivity index is 2.05. The van der Waals surface area contributed by atoms with Crippen LogP contribution in [0.25, 0.3) is 0 Å². The van der Waals surface area contributed by atoms with Gasteiger partial charge in [-0.15, -0.1) is 0 Å². The summed E-state index contributed by atoms with van der Waals surface area (Å²) in [5.41, 5.74) is 0.614. The van der Waals surface area contributed by atoms with Gasteiger partial charge in [0.05, 0.1) is 6.10 Å². The third-order valence-electron chi connectivity index (χ3n) is 3.49. The third-order valence-corrected chi connectivity index (χ3v) is 3.49. The van der Waals surface area contributed by atoms with Crippen LogP contribution in [0.3, 0.4) is 0 Å². The van der Waals surface area contributed by atoms with Gasteiger partial charge in [0.1, 0.15) is 5.69 Å². The van der Waals surface area contributed by atoms with E-state index in [9.17, 15) is 9.59 Å². The molecule has 0 amide bonds. The molecule has 5 nitrogen and oxygen atoms in total. The summed E-state index contributed by atoms with van der Waals surface area (Å²) in [4.78, 5) is 22.5. The smallest absolute Gasteiger partial charge is 0.352 e. The molecule has 1 N–H and O–H groups in total. The lowest BCUT2D eigenvalue weighted by Gasteiger charge is -2.22. The molecule has 104 valence electrons. The van der Waals surface area contributed by atoms with E-state index in [0.29, 0.717) is 12.1 Å². The molecule has 1 aromatic rings. The number of ether oxygens (including phenoxy) is 1. The maximum absolute atomic E-state index is 11.3. The molecule has 2 heterocycles. The Labute approximate surface area is 112 Å². The Morgan fingerprint density at radius 3 is 2.84 bits per heavy atom. The van der Waals surface area contributed by atoms with Gasteiger partial charge in [0.15, 0.2) is 5.78 Å². The van der Waals surface area contributed by atoms with E-state index in [4.69, 9.17) is 9.84 Å². The van der Waals surface area contributed by atoms with Crippen molar-refractivity contribution in [3.05, 3.63) is 23.5 Å². The number of hydrogen-bond donors (Lipinski definition) is 1. The topological polar surface area (TPSA) is 68.5 Å². The quantitative estimate of drug-likeness (QED) is 0.830. The highest BCUT2D eigenvalue weighted by Crippen LogP contribution is 2.18. The summed E-state index contributed by atoms with van der Waals surface area (Å²) in [6, 6.07) is 1.44. The predicted octanol–water partition coefficient (Wildman–Crippen LogP) is 2.35. The van der Waals surface area contributed by atoms with E-state index in [1.54, 1.807) is 10.8 Å². The van der Waals surface area contributed by atoms with Gasteiger partial charge in [0, 0.05) is 24.9 Å². The molecule has 1 aromatic heterocycles. The van der Waals surface area contributed by atoms with Crippen LogP contribution in [0.15, 0.2) is 12.3 Å². The third kappa shape index (κ3) is 3.44. The SMILES string of the molecule is CC(=O)c1cc(C(=O)O)n(CCC2CCCCO2)c1. The molecule has 0 spiro atoms. The monoisotopic (exact) mass is 265 g/mol. The van der Waals surface area contributed by atoms with Gasteiger partial charge in [0.2, 0.25) is 0 Å². The van der Waals surface area contributed by atoms with E-state index in [0.717, 1.165) is 25.9 Å². The molecule has 0 aliphatic carbocycles. The number of rotatable bonds is 5. The first kappa shape index (κ1) is 13.8. The van der Waals surface area contributed by atoms with E-state index in [1.807, 2.05) is 0 Å². The second-order valence-electron chi connectivity index (χ2n) is 4.95. The molecule has 1 aliphatic rings. The van der Waals surface area contributed by atoms with Crippen LogP contribution in [0.4, 0.5) is 0 Å². The fourth-order valence-corrected chi connectivity index (χ4v) is 2.39. The van der Waals surface area contributed by atoms with Crippen molar-refractivity contribution in [2.45, 2.75) is 45.3 Å². The maximum atomic E-state index is 11.3. The van der Waals surface area contributed by atoms with Gasteiger partial charge in [-0.1, -0.05) is 0 Å². The first-order valence-corrected chi connectivity index (χ1v) is 6.64. The number of ketones is 1. The number of aromatic carboxylic acids is 1. The van der Waals surface area contributed by atoms with Crippen LogP contribution in [0.2, 0.25) is 0 Å². The lowest BCUT2D eigenvalue weighted by molar-refractivity contribution is 0.00860. The number of aromatic nitrogens is 1. The molecule has 2 rings (SSSR count). The lowest BCUT2D eigenvalue weighted by atomic mass is 10.1. The summed E-state index contributed by atoms with van der Waals surface area (Å²) >= 11 is 0. The minimum atomic E-state index is -1.00. The van der Waals surface area contributed by atoms with Crippen molar-refractivity contribution in [2.75, 3.05) is 6.61 Å². The average Bonchev–Trinajstić information content (AvgIpc) is 2.82. The Hall–Kier alpha value is -1.62. The van der Waals surface area contributed by atoms with Crippen molar-refractivity contribution in [1.82, 2.24) is 4.57 Å². The van der Waals surface area contributed by atoms with Gasteiger partial charge in [-0.3, -0.25) is 4.79 Å². The fraction of sp³-hybridized carbons (Fsp3) is 0.571. The Bertz CT molecular complexity index is 472. The maximum Gasteiger partial charge on any atom is 0.352 e. The Morgan fingerprint density at radius 2 is 2.26 bits per heavy atom. The summed E-state index contributed by atoms with van der Waals surface area (Å²) in [7, 11) is 0. The molecule has 0 bridgehead atoms. The highest BCUT2D eigenvalue weighted by atomic mass is 16.5. The van der Waals surface area contributed by atoms with Crippen LogP contribution in [0.1, 0.15) is 53.5 Å². The van der Waals surface area contributed by atoms with Crippen LogP contribution >= 0.6 is 0 Å². The molecule has 19 heavy (non-hydrogen) atoms. The summed E-state index contributed by atoms with van der Waals surface area (Å²) < 4.78 is 7.26. The highest BCUT2D eigenvalue weighted by Gasteiger charge is 2.17. The number of nitrogens with zero attached hydrogens (tertiary/aromatic N) is 1. The van der Waals surface area contributed by atoms with Crippen LogP contribution in [-0.2, 0) is 11.3 Å². The van der Waals surface area contributed by atoms with Crippen molar-refractivity contribution in [1.29, 1.82) is 0 Å². The number of aryl methyl sites for hydroxylation is 1. The largest absolute Gasteiger partial charge is 0.477 e. The summed E-state index contributed by atoms with van der Waals surface area (Å²) in [6.45, 7) is 2.80. The van der Waals surface area contributed by atoms with Crippen molar-refractivity contribution in [3.63, 3.8) is 0 Å². The van der Waals surface area contributed by atoms with Gasteiger partial charge in [0.25, 0.3) is 0 Å². The van der Waals surface area contributed by atoms with Crippen molar-refractivity contribution < 1.29 is 19.4 Å². The first-order valence-electron chi connectivity index (χ1n) is 6.64. The van der Waals surface area contributed by atoms with E-state index in [-0.39, 0.29) is 17.6 Å². The van der Waals surface area contributed by atoms with Gasteiger partial charge in [-0.2, -0.15) is 0 Å². The van der Waals surface area contributed by atoms with Crippen LogP contribution in [-0.4, -0.2) is 34.1 Å². The fourth-order valence-electron chi connectivity index (χ4n) is 2.39. The zero-order valence-corrected chi connectivity index (χ0v) is 11.1. The second-order valence-corrected chi connectivity index (χ2v) is 4.95. The molecule has 0 radical (unpaired) electrons. The van der Waals surface area contributed by atoms with Gasteiger partial charge < -0.3 is 14.4 Å². The normalized spacial score (nSPS) is 19.3. The molecule has 1 saturated heterocycles. The number of carboxylic acids is 1. The van der Waals surface area contributed by atoms with Gasteiger partial charge in [-0.25, -0.2) is 4.79 Å². The molecule has 1 atom stereocenters. The van der Waals surface area contributed by atoms with Crippen molar-refractivity contribution >= 4 is 11.8 Å². The van der Waals surface area contributed by atoms with Crippen molar-refractivity contribution in [3.8, 4) is 0 Å². The summed E-state index contributed by atoms with van der Waals surface area (Å²) in [5.74, 6) is -1.12.